The number of hydrogen-bond donors (Lipinski definition) is 0. The summed E-state index contributed by atoms with van der Waals surface area (Å²) in [4.78, 5) is 11.6. The highest BCUT2D eigenvalue weighted by atomic mass is 16.5. The molecule has 2 nitrogen and oxygen atoms in total. The van der Waals surface area contributed by atoms with Crippen LogP contribution in [0.2, 0.25) is 0 Å². The summed E-state index contributed by atoms with van der Waals surface area (Å²) < 4.78 is 5.28. The van der Waals surface area contributed by atoms with E-state index in [1.54, 1.807) is 0 Å². The van der Waals surface area contributed by atoms with Gasteiger partial charge in [-0.25, -0.2) is 0 Å². The SMILES string of the molecule is CCCOCCC(=O)c1ccc(C)cc1. The highest BCUT2D eigenvalue weighted by Crippen LogP contribution is 2.06. The molecular weight excluding hydrogens is 188 g/mol. The summed E-state index contributed by atoms with van der Waals surface area (Å²) in [6.45, 7) is 5.34. The number of hydrogen-bond acceptors (Lipinski definition) is 2. The molecule has 0 fully saturated rings. The minimum atomic E-state index is 0.158. The van der Waals surface area contributed by atoms with Crippen LogP contribution in [0.3, 0.4) is 0 Å². The molecule has 1 aromatic rings. The molecule has 0 saturated heterocycles. The molecule has 0 aliphatic rings. The summed E-state index contributed by atoms with van der Waals surface area (Å²) in [5.74, 6) is 0.158. The van der Waals surface area contributed by atoms with Crippen LogP contribution in [-0.4, -0.2) is 19.0 Å². The van der Waals surface area contributed by atoms with Crippen LogP contribution >= 0.6 is 0 Å². The van der Waals surface area contributed by atoms with E-state index in [1.165, 1.54) is 5.56 Å². The smallest absolute Gasteiger partial charge is 0.165 e. The Bertz CT molecular complexity index is 301. The molecule has 0 unspecified atom stereocenters. The third-order valence-corrected chi connectivity index (χ3v) is 2.20. The molecule has 0 saturated carbocycles. The van der Waals surface area contributed by atoms with Crippen LogP contribution in [0.25, 0.3) is 0 Å². The summed E-state index contributed by atoms with van der Waals surface area (Å²) in [5.41, 5.74) is 1.95. The number of carbonyl (C=O) groups excluding carboxylic acids is 1. The van der Waals surface area contributed by atoms with Gasteiger partial charge in [-0.1, -0.05) is 36.8 Å². The second kappa shape index (κ2) is 6.36. The van der Waals surface area contributed by atoms with E-state index in [2.05, 4.69) is 6.92 Å². The Kier molecular flexibility index (Phi) is 5.05. The maximum Gasteiger partial charge on any atom is 0.165 e. The maximum absolute atomic E-state index is 11.6. The average molecular weight is 206 g/mol. The van der Waals surface area contributed by atoms with Crippen molar-refractivity contribution in [3.05, 3.63) is 35.4 Å². The fourth-order valence-electron chi connectivity index (χ4n) is 1.30. The summed E-state index contributed by atoms with van der Waals surface area (Å²) >= 11 is 0. The van der Waals surface area contributed by atoms with Crippen molar-refractivity contribution in [2.24, 2.45) is 0 Å². The lowest BCUT2D eigenvalue weighted by atomic mass is 10.1. The summed E-state index contributed by atoms with van der Waals surface area (Å²) in [5, 5.41) is 0. The molecule has 0 aliphatic carbocycles. The monoisotopic (exact) mass is 206 g/mol. The van der Waals surface area contributed by atoms with Gasteiger partial charge in [-0.05, 0) is 13.3 Å². The minimum Gasteiger partial charge on any atom is -0.381 e. The fourth-order valence-corrected chi connectivity index (χ4v) is 1.30. The van der Waals surface area contributed by atoms with E-state index in [4.69, 9.17) is 4.74 Å². The Hall–Kier alpha value is -1.15. The zero-order valence-electron chi connectivity index (χ0n) is 9.45. The Morgan fingerprint density at radius 2 is 1.87 bits per heavy atom. The first-order valence-corrected chi connectivity index (χ1v) is 5.41. The van der Waals surface area contributed by atoms with Gasteiger partial charge in [0.15, 0.2) is 5.78 Å². The predicted octanol–water partition coefficient (Wildman–Crippen LogP) is 2.99. The van der Waals surface area contributed by atoms with Crippen LogP contribution in [0, 0.1) is 6.92 Å². The zero-order chi connectivity index (χ0) is 11.1. The van der Waals surface area contributed by atoms with Gasteiger partial charge in [0.25, 0.3) is 0 Å². The molecule has 1 rings (SSSR count). The number of carbonyl (C=O) groups is 1. The molecule has 82 valence electrons. The third-order valence-electron chi connectivity index (χ3n) is 2.20. The quantitative estimate of drug-likeness (QED) is 0.528. The molecule has 2 heteroatoms. The maximum atomic E-state index is 11.6. The third kappa shape index (κ3) is 4.26. The summed E-state index contributed by atoms with van der Waals surface area (Å²) in [6, 6.07) is 7.66. The Morgan fingerprint density at radius 1 is 1.20 bits per heavy atom. The molecule has 0 radical (unpaired) electrons. The van der Waals surface area contributed by atoms with Gasteiger partial charge in [0.1, 0.15) is 0 Å². The summed E-state index contributed by atoms with van der Waals surface area (Å²) in [6.07, 6.45) is 1.47. The molecule has 0 N–H and O–H groups in total. The first-order chi connectivity index (χ1) is 7.24. The van der Waals surface area contributed by atoms with Gasteiger partial charge in [0, 0.05) is 18.6 Å². The first kappa shape index (κ1) is 11.9. The lowest BCUT2D eigenvalue weighted by Crippen LogP contribution is -2.05. The molecule has 0 atom stereocenters. The van der Waals surface area contributed by atoms with Crippen LogP contribution in [0.1, 0.15) is 35.7 Å². The van der Waals surface area contributed by atoms with Gasteiger partial charge in [0.2, 0.25) is 0 Å². The lowest BCUT2D eigenvalue weighted by Gasteiger charge is -2.02. The van der Waals surface area contributed by atoms with E-state index in [1.807, 2.05) is 31.2 Å². The molecule has 0 aliphatic heterocycles. The van der Waals surface area contributed by atoms with Crippen molar-refractivity contribution in [1.82, 2.24) is 0 Å². The zero-order valence-corrected chi connectivity index (χ0v) is 9.45. The number of benzene rings is 1. The number of rotatable bonds is 6. The molecule has 15 heavy (non-hydrogen) atoms. The molecule has 0 aromatic heterocycles. The van der Waals surface area contributed by atoms with E-state index in [9.17, 15) is 4.79 Å². The van der Waals surface area contributed by atoms with E-state index < -0.39 is 0 Å². The molecule has 0 heterocycles. The Morgan fingerprint density at radius 3 is 2.47 bits per heavy atom. The molecule has 0 amide bonds. The second-order valence-electron chi connectivity index (χ2n) is 3.65. The van der Waals surface area contributed by atoms with E-state index in [-0.39, 0.29) is 5.78 Å². The predicted molar refractivity (Wildman–Crippen MR) is 61.2 cm³/mol. The van der Waals surface area contributed by atoms with Crippen molar-refractivity contribution in [2.75, 3.05) is 13.2 Å². The lowest BCUT2D eigenvalue weighted by molar-refractivity contribution is 0.0879. The van der Waals surface area contributed by atoms with Crippen LogP contribution in [-0.2, 0) is 4.74 Å². The largest absolute Gasteiger partial charge is 0.381 e. The highest BCUT2D eigenvalue weighted by molar-refractivity contribution is 5.96. The summed E-state index contributed by atoms with van der Waals surface area (Å²) in [7, 11) is 0. The number of ether oxygens (including phenoxy) is 1. The van der Waals surface area contributed by atoms with Crippen molar-refractivity contribution in [1.29, 1.82) is 0 Å². The van der Waals surface area contributed by atoms with Gasteiger partial charge < -0.3 is 4.74 Å². The van der Waals surface area contributed by atoms with Crippen molar-refractivity contribution in [2.45, 2.75) is 26.7 Å². The highest BCUT2D eigenvalue weighted by Gasteiger charge is 2.04. The molecule has 0 bridgehead atoms. The van der Waals surface area contributed by atoms with Crippen molar-refractivity contribution >= 4 is 5.78 Å². The molecule has 0 spiro atoms. The normalized spacial score (nSPS) is 10.3. The fraction of sp³-hybridized carbons (Fsp3) is 0.462. The number of aryl methyl sites for hydroxylation is 1. The van der Waals surface area contributed by atoms with Gasteiger partial charge in [-0.15, -0.1) is 0 Å². The standard InChI is InChI=1S/C13H18O2/c1-3-9-15-10-8-13(14)12-6-4-11(2)5-7-12/h4-7H,3,8-10H2,1-2H3. The topological polar surface area (TPSA) is 26.3 Å². The Balaban J connectivity index is 2.37. The van der Waals surface area contributed by atoms with Crippen molar-refractivity contribution in [3.63, 3.8) is 0 Å². The van der Waals surface area contributed by atoms with E-state index in [0.717, 1.165) is 18.6 Å². The Labute approximate surface area is 91.3 Å². The average Bonchev–Trinajstić information content (AvgIpc) is 2.25. The molecule has 1 aromatic carbocycles. The first-order valence-electron chi connectivity index (χ1n) is 5.41. The minimum absolute atomic E-state index is 0.158. The van der Waals surface area contributed by atoms with Crippen LogP contribution < -0.4 is 0 Å². The van der Waals surface area contributed by atoms with Crippen LogP contribution in [0.15, 0.2) is 24.3 Å². The van der Waals surface area contributed by atoms with Crippen molar-refractivity contribution in [3.8, 4) is 0 Å². The van der Waals surface area contributed by atoms with E-state index in [0.29, 0.717) is 13.0 Å². The van der Waals surface area contributed by atoms with Crippen LogP contribution in [0.4, 0.5) is 0 Å². The van der Waals surface area contributed by atoms with Gasteiger partial charge >= 0.3 is 0 Å². The van der Waals surface area contributed by atoms with Gasteiger partial charge in [-0.2, -0.15) is 0 Å². The van der Waals surface area contributed by atoms with Crippen LogP contribution in [0.5, 0.6) is 0 Å². The second-order valence-corrected chi connectivity index (χ2v) is 3.65. The van der Waals surface area contributed by atoms with Gasteiger partial charge in [-0.3, -0.25) is 4.79 Å². The molecular formula is C13H18O2. The number of ketones is 1. The van der Waals surface area contributed by atoms with Crippen molar-refractivity contribution < 1.29 is 9.53 Å². The van der Waals surface area contributed by atoms with E-state index >= 15 is 0 Å². The van der Waals surface area contributed by atoms with Gasteiger partial charge in [0.05, 0.1) is 6.61 Å². The number of Topliss-reactive ketones (excluding diaryl/α,β-unsaturated/α-hetero) is 1.